The quantitative estimate of drug-likeness (QED) is 0.716. The van der Waals surface area contributed by atoms with Gasteiger partial charge in [-0.25, -0.2) is 12.4 Å². The number of rotatable bonds is 4. The first-order chi connectivity index (χ1) is 12.1. The molecular weight excluding hydrogens is 332 g/mol. The van der Waals surface area contributed by atoms with Crippen LogP contribution >= 0.6 is 0 Å². The first-order valence-corrected chi connectivity index (χ1v) is 10.1. The number of likely N-dealkylation sites (tertiary alicyclic amines) is 1. The third-order valence-corrected chi connectivity index (χ3v) is 6.61. The lowest BCUT2D eigenvalue weighted by molar-refractivity contribution is 0.332. The summed E-state index contributed by atoms with van der Waals surface area (Å²) in [6.45, 7) is 5.03. The van der Waals surface area contributed by atoms with Crippen LogP contribution in [-0.2, 0) is 16.6 Å². The summed E-state index contributed by atoms with van der Waals surface area (Å²) in [5, 5.41) is 1.02. The molecule has 0 saturated carbocycles. The fourth-order valence-corrected chi connectivity index (χ4v) is 5.08. The van der Waals surface area contributed by atoms with Gasteiger partial charge in [-0.15, -0.1) is 0 Å². The van der Waals surface area contributed by atoms with E-state index in [-0.39, 0.29) is 0 Å². The summed E-state index contributed by atoms with van der Waals surface area (Å²) in [4.78, 5) is 2.76. The van der Waals surface area contributed by atoms with E-state index in [0.717, 1.165) is 36.1 Å². The van der Waals surface area contributed by atoms with E-state index in [2.05, 4.69) is 11.0 Å². The molecule has 0 atom stereocenters. The topological polar surface area (TPSA) is 42.3 Å². The van der Waals surface area contributed by atoms with Crippen LogP contribution in [0.2, 0.25) is 0 Å². The molecule has 0 amide bonds. The number of fused-ring (bicyclic) bond motifs is 1. The number of aromatic nitrogens is 1. The van der Waals surface area contributed by atoms with Gasteiger partial charge in [0.1, 0.15) is 0 Å². The summed E-state index contributed by atoms with van der Waals surface area (Å²) in [5.74, 6) is 0. The molecule has 1 aromatic heterocycles. The fourth-order valence-electron chi connectivity index (χ4n) is 3.63. The van der Waals surface area contributed by atoms with Crippen LogP contribution in [0.5, 0.6) is 0 Å². The molecule has 4 rings (SSSR count). The van der Waals surface area contributed by atoms with Gasteiger partial charge in [-0.2, -0.15) is 0 Å². The summed E-state index contributed by atoms with van der Waals surface area (Å²) in [6, 6.07) is 14.9. The second-order valence-electron chi connectivity index (χ2n) is 6.77. The zero-order valence-corrected chi connectivity index (χ0v) is 15.2. The van der Waals surface area contributed by atoms with Crippen LogP contribution in [0.3, 0.4) is 0 Å². The highest BCUT2D eigenvalue weighted by atomic mass is 32.2. The molecule has 1 aliphatic rings. The normalized spacial score (nSPS) is 15.9. The molecule has 1 saturated heterocycles. The minimum absolute atomic E-state index is 0.329. The van der Waals surface area contributed by atoms with Crippen molar-refractivity contribution in [1.29, 1.82) is 0 Å². The van der Waals surface area contributed by atoms with Crippen molar-refractivity contribution in [1.82, 2.24) is 8.87 Å². The van der Waals surface area contributed by atoms with Crippen LogP contribution in [-0.4, -0.2) is 30.4 Å². The van der Waals surface area contributed by atoms with E-state index < -0.39 is 10.0 Å². The van der Waals surface area contributed by atoms with Crippen LogP contribution < -0.4 is 0 Å². The van der Waals surface area contributed by atoms with Gasteiger partial charge >= 0.3 is 0 Å². The number of benzene rings is 2. The molecular formula is C20H22N2O2S. The van der Waals surface area contributed by atoms with E-state index in [1.165, 1.54) is 22.4 Å². The summed E-state index contributed by atoms with van der Waals surface area (Å²) in [5.41, 5.74) is 2.88. The summed E-state index contributed by atoms with van der Waals surface area (Å²) >= 11 is 0. The number of aryl methyl sites for hydroxylation is 1. The van der Waals surface area contributed by atoms with Gasteiger partial charge in [0, 0.05) is 18.1 Å². The Morgan fingerprint density at radius 3 is 2.52 bits per heavy atom. The summed E-state index contributed by atoms with van der Waals surface area (Å²) in [6.07, 6.45) is 4.17. The minimum atomic E-state index is -3.59. The van der Waals surface area contributed by atoms with Crippen molar-refractivity contribution in [2.75, 3.05) is 13.1 Å². The van der Waals surface area contributed by atoms with E-state index in [4.69, 9.17) is 0 Å². The highest BCUT2D eigenvalue weighted by Gasteiger charge is 2.20. The zero-order chi connectivity index (χ0) is 17.4. The van der Waals surface area contributed by atoms with Crippen molar-refractivity contribution in [2.24, 2.45) is 0 Å². The minimum Gasteiger partial charge on any atom is -0.299 e. The predicted octanol–water partition coefficient (Wildman–Crippen LogP) is 3.78. The molecule has 0 unspecified atom stereocenters. The monoisotopic (exact) mass is 354 g/mol. The lowest BCUT2D eigenvalue weighted by Gasteiger charge is -2.15. The second-order valence-corrected chi connectivity index (χ2v) is 8.58. The Morgan fingerprint density at radius 1 is 1.00 bits per heavy atom. The van der Waals surface area contributed by atoms with Crippen molar-refractivity contribution in [3.05, 3.63) is 65.9 Å². The van der Waals surface area contributed by atoms with E-state index in [9.17, 15) is 8.42 Å². The van der Waals surface area contributed by atoms with Crippen LogP contribution in [0, 0.1) is 6.92 Å². The molecule has 1 aliphatic heterocycles. The Balaban J connectivity index is 1.78. The number of nitrogens with zero attached hydrogens (tertiary/aromatic N) is 2. The van der Waals surface area contributed by atoms with Crippen molar-refractivity contribution in [2.45, 2.75) is 31.2 Å². The Labute approximate surface area is 148 Å². The maximum absolute atomic E-state index is 13.1. The van der Waals surface area contributed by atoms with E-state index in [1.54, 1.807) is 24.4 Å². The van der Waals surface area contributed by atoms with Crippen molar-refractivity contribution in [3.8, 4) is 0 Å². The molecule has 2 aromatic carbocycles. The van der Waals surface area contributed by atoms with Gasteiger partial charge in [0.25, 0.3) is 10.0 Å². The third-order valence-electron chi connectivity index (χ3n) is 4.93. The summed E-state index contributed by atoms with van der Waals surface area (Å²) in [7, 11) is -3.59. The Morgan fingerprint density at radius 2 is 1.76 bits per heavy atom. The first kappa shape index (κ1) is 16.4. The zero-order valence-electron chi connectivity index (χ0n) is 14.4. The van der Waals surface area contributed by atoms with Gasteiger partial charge in [0.15, 0.2) is 0 Å². The number of hydrogen-bond acceptors (Lipinski definition) is 3. The SMILES string of the molecule is Cc1cccc(S(=O)(=O)n2ccc3c(CN4CCCC4)cccc32)c1. The van der Waals surface area contributed by atoms with Gasteiger partial charge in [-0.05, 0) is 68.2 Å². The lowest BCUT2D eigenvalue weighted by Crippen LogP contribution is -2.18. The van der Waals surface area contributed by atoms with E-state index >= 15 is 0 Å². The number of hydrogen-bond donors (Lipinski definition) is 0. The molecule has 25 heavy (non-hydrogen) atoms. The molecule has 5 heteroatoms. The Hall–Kier alpha value is -2.11. The molecule has 0 bridgehead atoms. The van der Waals surface area contributed by atoms with E-state index in [1.807, 2.05) is 31.2 Å². The smallest absolute Gasteiger partial charge is 0.268 e. The Kier molecular flexibility index (Phi) is 4.13. The van der Waals surface area contributed by atoms with Gasteiger partial charge < -0.3 is 0 Å². The molecule has 0 N–H and O–H groups in total. The van der Waals surface area contributed by atoms with Gasteiger partial charge in [-0.3, -0.25) is 4.90 Å². The van der Waals surface area contributed by atoms with Gasteiger partial charge in [0.05, 0.1) is 10.4 Å². The molecule has 4 nitrogen and oxygen atoms in total. The highest BCUT2D eigenvalue weighted by molar-refractivity contribution is 7.90. The third kappa shape index (κ3) is 2.98. The maximum atomic E-state index is 13.1. The largest absolute Gasteiger partial charge is 0.299 e. The van der Waals surface area contributed by atoms with Crippen LogP contribution in [0.25, 0.3) is 10.9 Å². The fraction of sp³-hybridized carbons (Fsp3) is 0.300. The molecule has 130 valence electrons. The Bertz CT molecular complexity index is 1020. The molecule has 0 spiro atoms. The summed E-state index contributed by atoms with van der Waals surface area (Å²) < 4.78 is 27.5. The standard InChI is InChI=1S/C20H22N2O2S/c1-16-6-4-8-18(14-16)25(23,24)22-13-10-19-17(7-5-9-20(19)22)15-21-11-2-3-12-21/h4-10,13-14H,2-3,11-12,15H2,1H3. The van der Waals surface area contributed by atoms with Crippen LogP contribution in [0.1, 0.15) is 24.0 Å². The van der Waals surface area contributed by atoms with E-state index in [0.29, 0.717) is 4.90 Å². The van der Waals surface area contributed by atoms with Crippen molar-refractivity contribution >= 4 is 20.9 Å². The first-order valence-electron chi connectivity index (χ1n) is 8.69. The molecule has 3 aromatic rings. The predicted molar refractivity (Wildman–Crippen MR) is 100 cm³/mol. The molecule has 0 radical (unpaired) electrons. The van der Waals surface area contributed by atoms with Gasteiger partial charge in [-0.1, -0.05) is 24.3 Å². The molecule has 2 heterocycles. The van der Waals surface area contributed by atoms with Crippen molar-refractivity contribution < 1.29 is 8.42 Å². The second kappa shape index (κ2) is 6.32. The van der Waals surface area contributed by atoms with Crippen LogP contribution in [0.4, 0.5) is 0 Å². The molecule has 1 fully saturated rings. The average molecular weight is 354 g/mol. The van der Waals surface area contributed by atoms with Crippen molar-refractivity contribution in [3.63, 3.8) is 0 Å². The van der Waals surface area contributed by atoms with Crippen LogP contribution in [0.15, 0.2) is 59.6 Å². The lowest BCUT2D eigenvalue weighted by atomic mass is 10.1. The maximum Gasteiger partial charge on any atom is 0.268 e. The highest BCUT2D eigenvalue weighted by Crippen LogP contribution is 2.26. The van der Waals surface area contributed by atoms with Gasteiger partial charge in [0.2, 0.25) is 0 Å². The average Bonchev–Trinajstić information content (AvgIpc) is 3.25. The molecule has 0 aliphatic carbocycles.